The average molecular weight is 184 g/mol. The third-order valence-corrected chi connectivity index (χ3v) is 3.22. The van der Waals surface area contributed by atoms with Crippen molar-refractivity contribution in [1.82, 2.24) is 0 Å². The van der Waals surface area contributed by atoms with Gasteiger partial charge in [0.05, 0.1) is 12.2 Å². The molecule has 2 rings (SSSR count). The highest BCUT2D eigenvalue weighted by Gasteiger charge is 2.30. The fourth-order valence-electron chi connectivity index (χ4n) is 2.11. The topological polar surface area (TPSA) is 29.5 Å². The highest BCUT2D eigenvalue weighted by atomic mass is 16.5. The van der Waals surface area contributed by atoms with Crippen molar-refractivity contribution in [2.24, 2.45) is 5.92 Å². The predicted octanol–water partition coefficient (Wildman–Crippen LogP) is 2.11. The lowest BCUT2D eigenvalue weighted by molar-refractivity contribution is 0.000708. The Bertz CT molecular complexity index is 148. The number of aliphatic hydroxyl groups excluding tert-OH is 1. The minimum atomic E-state index is -0.0365. The fourth-order valence-corrected chi connectivity index (χ4v) is 2.11. The molecule has 1 saturated carbocycles. The van der Waals surface area contributed by atoms with Crippen molar-refractivity contribution < 1.29 is 9.84 Å². The average Bonchev–Trinajstić information content (AvgIpc) is 2.99. The van der Waals surface area contributed by atoms with Crippen LogP contribution in [0.4, 0.5) is 0 Å². The van der Waals surface area contributed by atoms with Gasteiger partial charge in [-0.2, -0.15) is 0 Å². The summed E-state index contributed by atoms with van der Waals surface area (Å²) >= 11 is 0. The van der Waals surface area contributed by atoms with E-state index in [9.17, 15) is 5.11 Å². The molecule has 1 N–H and O–H groups in total. The third kappa shape index (κ3) is 2.96. The molecule has 0 amide bonds. The zero-order valence-corrected chi connectivity index (χ0v) is 8.24. The predicted molar refractivity (Wildman–Crippen MR) is 51.6 cm³/mol. The molecule has 0 spiro atoms. The summed E-state index contributed by atoms with van der Waals surface area (Å²) in [6, 6.07) is 0. The standard InChI is InChI=1S/C11H20O2/c12-11(9-4-5-9)7-6-10-3-1-2-8-13-10/h9-12H,1-8H2. The molecule has 0 radical (unpaired) electrons. The zero-order valence-electron chi connectivity index (χ0n) is 8.24. The quantitative estimate of drug-likeness (QED) is 0.725. The Hall–Kier alpha value is -0.0800. The lowest BCUT2D eigenvalue weighted by atomic mass is 10.0. The van der Waals surface area contributed by atoms with Crippen molar-refractivity contribution >= 4 is 0 Å². The Labute approximate surface area is 80.3 Å². The van der Waals surface area contributed by atoms with Crippen LogP contribution in [0.3, 0.4) is 0 Å². The van der Waals surface area contributed by atoms with Gasteiger partial charge in [-0.05, 0) is 50.9 Å². The van der Waals surface area contributed by atoms with Gasteiger partial charge in [-0.1, -0.05) is 0 Å². The lowest BCUT2D eigenvalue weighted by Crippen LogP contribution is -2.21. The van der Waals surface area contributed by atoms with E-state index in [1.54, 1.807) is 0 Å². The first-order chi connectivity index (χ1) is 6.36. The van der Waals surface area contributed by atoms with E-state index in [0.717, 1.165) is 19.4 Å². The van der Waals surface area contributed by atoms with Gasteiger partial charge >= 0.3 is 0 Å². The largest absolute Gasteiger partial charge is 0.393 e. The molecular formula is C11H20O2. The van der Waals surface area contributed by atoms with Gasteiger partial charge in [0, 0.05) is 6.61 Å². The lowest BCUT2D eigenvalue weighted by Gasteiger charge is -2.23. The highest BCUT2D eigenvalue weighted by Crippen LogP contribution is 2.35. The van der Waals surface area contributed by atoms with E-state index < -0.39 is 0 Å². The number of hydrogen-bond acceptors (Lipinski definition) is 2. The van der Waals surface area contributed by atoms with Crippen LogP contribution in [0.5, 0.6) is 0 Å². The van der Waals surface area contributed by atoms with E-state index in [4.69, 9.17) is 4.74 Å². The third-order valence-electron chi connectivity index (χ3n) is 3.22. The molecule has 2 unspecified atom stereocenters. The van der Waals surface area contributed by atoms with Crippen molar-refractivity contribution in [2.45, 2.75) is 57.2 Å². The Morgan fingerprint density at radius 3 is 2.69 bits per heavy atom. The van der Waals surface area contributed by atoms with Gasteiger partial charge in [0.25, 0.3) is 0 Å². The van der Waals surface area contributed by atoms with Crippen LogP contribution in [0, 0.1) is 5.92 Å². The van der Waals surface area contributed by atoms with Crippen molar-refractivity contribution in [3.8, 4) is 0 Å². The van der Waals surface area contributed by atoms with E-state index in [1.807, 2.05) is 0 Å². The van der Waals surface area contributed by atoms with Crippen molar-refractivity contribution in [3.05, 3.63) is 0 Å². The van der Waals surface area contributed by atoms with Crippen molar-refractivity contribution in [1.29, 1.82) is 0 Å². The molecule has 2 heteroatoms. The second kappa shape index (κ2) is 4.43. The van der Waals surface area contributed by atoms with E-state index in [-0.39, 0.29) is 6.10 Å². The summed E-state index contributed by atoms with van der Waals surface area (Å²) < 4.78 is 5.62. The van der Waals surface area contributed by atoms with Gasteiger partial charge in [0.1, 0.15) is 0 Å². The molecule has 0 aromatic carbocycles. The molecule has 0 bridgehead atoms. The minimum absolute atomic E-state index is 0.0365. The fraction of sp³-hybridized carbons (Fsp3) is 1.00. The van der Waals surface area contributed by atoms with Crippen LogP contribution in [0.25, 0.3) is 0 Å². The molecule has 1 aliphatic carbocycles. The summed E-state index contributed by atoms with van der Waals surface area (Å²) in [5.74, 6) is 0.628. The molecular weight excluding hydrogens is 164 g/mol. The molecule has 1 heterocycles. The molecule has 2 fully saturated rings. The first kappa shape index (κ1) is 9.47. The summed E-state index contributed by atoms with van der Waals surface area (Å²) in [7, 11) is 0. The minimum Gasteiger partial charge on any atom is -0.393 e. The van der Waals surface area contributed by atoms with Gasteiger partial charge in [-0.15, -0.1) is 0 Å². The monoisotopic (exact) mass is 184 g/mol. The van der Waals surface area contributed by atoms with Gasteiger partial charge in [0.15, 0.2) is 0 Å². The maximum absolute atomic E-state index is 9.66. The second-order valence-corrected chi connectivity index (χ2v) is 4.47. The SMILES string of the molecule is OC(CCC1CCCCO1)C1CC1. The summed E-state index contributed by atoms with van der Waals surface area (Å²) in [5, 5.41) is 9.66. The normalized spacial score (nSPS) is 31.6. The first-order valence-electron chi connectivity index (χ1n) is 5.66. The molecule has 1 aliphatic heterocycles. The second-order valence-electron chi connectivity index (χ2n) is 4.47. The van der Waals surface area contributed by atoms with Crippen LogP contribution < -0.4 is 0 Å². The van der Waals surface area contributed by atoms with Gasteiger partial charge in [-0.3, -0.25) is 0 Å². The van der Waals surface area contributed by atoms with Crippen LogP contribution in [0.1, 0.15) is 44.9 Å². The molecule has 0 aromatic heterocycles. The van der Waals surface area contributed by atoms with E-state index >= 15 is 0 Å². The van der Waals surface area contributed by atoms with Crippen LogP contribution in [0.2, 0.25) is 0 Å². The van der Waals surface area contributed by atoms with Gasteiger partial charge in [0.2, 0.25) is 0 Å². The number of aliphatic hydroxyl groups is 1. The van der Waals surface area contributed by atoms with E-state index in [0.29, 0.717) is 12.0 Å². The van der Waals surface area contributed by atoms with E-state index in [1.165, 1.54) is 32.1 Å². The first-order valence-corrected chi connectivity index (χ1v) is 5.66. The maximum Gasteiger partial charge on any atom is 0.0576 e. The van der Waals surface area contributed by atoms with Crippen molar-refractivity contribution in [3.63, 3.8) is 0 Å². The van der Waals surface area contributed by atoms with Crippen LogP contribution in [-0.4, -0.2) is 23.9 Å². The van der Waals surface area contributed by atoms with Gasteiger partial charge in [-0.25, -0.2) is 0 Å². The zero-order chi connectivity index (χ0) is 9.10. The Balaban J connectivity index is 1.60. The Morgan fingerprint density at radius 2 is 2.08 bits per heavy atom. The maximum atomic E-state index is 9.66. The van der Waals surface area contributed by atoms with Crippen LogP contribution in [-0.2, 0) is 4.74 Å². The summed E-state index contributed by atoms with van der Waals surface area (Å²) in [6.07, 6.45) is 8.66. The summed E-state index contributed by atoms with van der Waals surface area (Å²) in [4.78, 5) is 0. The summed E-state index contributed by atoms with van der Waals surface area (Å²) in [5.41, 5.74) is 0. The van der Waals surface area contributed by atoms with Crippen LogP contribution >= 0.6 is 0 Å². The number of ether oxygens (including phenoxy) is 1. The molecule has 13 heavy (non-hydrogen) atoms. The number of rotatable bonds is 4. The molecule has 1 saturated heterocycles. The Morgan fingerprint density at radius 1 is 1.23 bits per heavy atom. The number of hydrogen-bond donors (Lipinski definition) is 1. The Kier molecular flexibility index (Phi) is 3.23. The molecule has 0 aromatic rings. The van der Waals surface area contributed by atoms with Crippen LogP contribution in [0.15, 0.2) is 0 Å². The van der Waals surface area contributed by atoms with E-state index in [2.05, 4.69) is 0 Å². The molecule has 2 nitrogen and oxygen atoms in total. The molecule has 2 atom stereocenters. The summed E-state index contributed by atoms with van der Waals surface area (Å²) in [6.45, 7) is 0.935. The van der Waals surface area contributed by atoms with Gasteiger partial charge < -0.3 is 9.84 Å². The molecule has 2 aliphatic rings. The smallest absolute Gasteiger partial charge is 0.0576 e. The van der Waals surface area contributed by atoms with Crippen molar-refractivity contribution in [2.75, 3.05) is 6.61 Å². The highest BCUT2D eigenvalue weighted by molar-refractivity contribution is 4.81. The molecule has 76 valence electrons.